The van der Waals surface area contributed by atoms with Crippen molar-refractivity contribution in [2.24, 2.45) is 0 Å². The van der Waals surface area contributed by atoms with E-state index in [9.17, 15) is 5.26 Å². The number of nitriles is 1. The molecule has 3 aromatic rings. The molecule has 5 heteroatoms. The minimum Gasteiger partial charge on any atom is -0.376 e. The molecule has 0 saturated heterocycles. The number of aromatic nitrogens is 2. The summed E-state index contributed by atoms with van der Waals surface area (Å²) in [6, 6.07) is 12.3. The van der Waals surface area contributed by atoms with E-state index in [-0.39, 0.29) is 5.60 Å². The molecule has 24 heavy (non-hydrogen) atoms. The molecule has 0 spiro atoms. The Hall–Kier alpha value is -2.58. The van der Waals surface area contributed by atoms with E-state index in [2.05, 4.69) is 16.4 Å². The summed E-state index contributed by atoms with van der Waals surface area (Å²) >= 11 is 0. The van der Waals surface area contributed by atoms with Gasteiger partial charge in [0.05, 0.1) is 22.2 Å². The second kappa shape index (κ2) is 5.50. The van der Waals surface area contributed by atoms with Crippen LogP contribution in [0.15, 0.2) is 30.3 Å². The van der Waals surface area contributed by atoms with Crippen LogP contribution in [-0.2, 0) is 4.74 Å². The highest BCUT2D eigenvalue weighted by Crippen LogP contribution is 2.35. The highest BCUT2D eigenvalue weighted by Gasteiger charge is 2.36. The van der Waals surface area contributed by atoms with Crippen LogP contribution in [0.4, 0.5) is 5.82 Å². The molecular formula is C19H20N4O. The van der Waals surface area contributed by atoms with Crippen molar-refractivity contribution < 1.29 is 4.74 Å². The number of rotatable bonds is 4. The van der Waals surface area contributed by atoms with Gasteiger partial charge in [0.1, 0.15) is 11.9 Å². The molecule has 4 rings (SSSR count). The van der Waals surface area contributed by atoms with Crippen molar-refractivity contribution in [2.45, 2.75) is 31.8 Å². The first kappa shape index (κ1) is 15.0. The van der Waals surface area contributed by atoms with Gasteiger partial charge in [0.25, 0.3) is 0 Å². The van der Waals surface area contributed by atoms with Crippen LogP contribution in [0.2, 0.25) is 0 Å². The number of ether oxygens (including phenoxy) is 1. The molecule has 122 valence electrons. The molecule has 0 bridgehead atoms. The van der Waals surface area contributed by atoms with Gasteiger partial charge in [0.15, 0.2) is 5.65 Å². The van der Waals surface area contributed by atoms with E-state index >= 15 is 0 Å². The van der Waals surface area contributed by atoms with Crippen LogP contribution in [0.25, 0.3) is 16.7 Å². The van der Waals surface area contributed by atoms with E-state index in [4.69, 9.17) is 4.74 Å². The summed E-state index contributed by atoms with van der Waals surface area (Å²) in [7, 11) is 1.78. The molecule has 1 saturated carbocycles. The number of nitrogens with one attached hydrogen (secondary N) is 1. The zero-order chi connectivity index (χ0) is 16.7. The van der Waals surface area contributed by atoms with Gasteiger partial charge in [-0.25, -0.2) is 4.98 Å². The molecule has 1 N–H and O–H groups in total. The summed E-state index contributed by atoms with van der Waals surface area (Å²) in [5.74, 6) is 0.957. The Bertz CT molecular complexity index is 957. The zero-order valence-electron chi connectivity index (χ0n) is 14.0. The Morgan fingerprint density at radius 2 is 2.17 bits per heavy atom. The molecule has 1 aliphatic rings. The van der Waals surface area contributed by atoms with E-state index < -0.39 is 0 Å². The Kier molecular flexibility index (Phi) is 3.43. The van der Waals surface area contributed by atoms with Crippen LogP contribution in [-0.4, -0.2) is 28.6 Å². The van der Waals surface area contributed by atoms with Crippen LogP contribution >= 0.6 is 0 Å². The first-order chi connectivity index (χ1) is 11.7. The van der Waals surface area contributed by atoms with Crippen LogP contribution < -0.4 is 5.32 Å². The maximum atomic E-state index is 9.53. The number of para-hydroxylation sites is 2. The second-order valence-corrected chi connectivity index (χ2v) is 6.55. The average Bonchev–Trinajstić information content (AvgIpc) is 2.93. The number of hydrogen-bond donors (Lipinski definition) is 1. The molecule has 0 aliphatic heterocycles. The molecule has 0 unspecified atom stereocenters. The van der Waals surface area contributed by atoms with Gasteiger partial charge in [-0.1, -0.05) is 12.1 Å². The van der Waals surface area contributed by atoms with Gasteiger partial charge in [0, 0.05) is 13.7 Å². The zero-order valence-corrected chi connectivity index (χ0v) is 14.0. The van der Waals surface area contributed by atoms with Gasteiger partial charge in [0.2, 0.25) is 0 Å². The SMILES string of the molecule is COC1(CNc2cc(C)c(C#N)c3nc4ccccc4n23)CCC1. The van der Waals surface area contributed by atoms with Crippen molar-refractivity contribution >= 4 is 22.5 Å². The van der Waals surface area contributed by atoms with E-state index in [1.54, 1.807) is 7.11 Å². The summed E-state index contributed by atoms with van der Waals surface area (Å²) in [6.07, 6.45) is 3.38. The fourth-order valence-corrected chi connectivity index (χ4v) is 3.50. The largest absolute Gasteiger partial charge is 0.376 e. The van der Waals surface area contributed by atoms with Crippen molar-refractivity contribution in [3.8, 4) is 6.07 Å². The minimum atomic E-state index is -0.0650. The lowest BCUT2D eigenvalue weighted by molar-refractivity contribution is -0.0601. The summed E-state index contributed by atoms with van der Waals surface area (Å²) in [5.41, 5.74) is 4.11. The fourth-order valence-electron chi connectivity index (χ4n) is 3.50. The van der Waals surface area contributed by atoms with Gasteiger partial charge in [-0.05, 0) is 49.9 Å². The number of imidazole rings is 1. The van der Waals surface area contributed by atoms with Crippen molar-refractivity contribution in [1.29, 1.82) is 5.26 Å². The van der Waals surface area contributed by atoms with E-state index in [1.807, 2.05) is 41.7 Å². The number of fused-ring (bicyclic) bond motifs is 3. The Labute approximate surface area is 140 Å². The molecule has 1 fully saturated rings. The maximum Gasteiger partial charge on any atom is 0.157 e. The van der Waals surface area contributed by atoms with Crippen LogP contribution in [0, 0.1) is 18.3 Å². The van der Waals surface area contributed by atoms with Crippen molar-refractivity contribution in [3.05, 3.63) is 41.5 Å². The first-order valence-electron chi connectivity index (χ1n) is 8.27. The third-order valence-corrected chi connectivity index (χ3v) is 5.17. The van der Waals surface area contributed by atoms with Crippen molar-refractivity contribution in [3.63, 3.8) is 0 Å². The van der Waals surface area contributed by atoms with Gasteiger partial charge in [-0.2, -0.15) is 5.26 Å². The maximum absolute atomic E-state index is 9.53. The molecular weight excluding hydrogens is 300 g/mol. The topological polar surface area (TPSA) is 62.3 Å². The number of hydrogen-bond acceptors (Lipinski definition) is 4. The van der Waals surface area contributed by atoms with Crippen LogP contribution in [0.3, 0.4) is 0 Å². The average molecular weight is 320 g/mol. The fraction of sp³-hybridized carbons (Fsp3) is 0.368. The van der Waals surface area contributed by atoms with E-state index in [0.717, 1.165) is 41.8 Å². The third-order valence-electron chi connectivity index (χ3n) is 5.17. The van der Waals surface area contributed by atoms with Gasteiger partial charge in [-0.15, -0.1) is 0 Å². The van der Waals surface area contributed by atoms with E-state index in [1.165, 1.54) is 6.42 Å². The quantitative estimate of drug-likeness (QED) is 0.797. The number of methoxy groups -OCH3 is 1. The van der Waals surface area contributed by atoms with Gasteiger partial charge >= 0.3 is 0 Å². The molecule has 0 atom stereocenters. The second-order valence-electron chi connectivity index (χ2n) is 6.55. The highest BCUT2D eigenvalue weighted by molar-refractivity contribution is 5.85. The molecule has 1 aromatic carbocycles. The monoisotopic (exact) mass is 320 g/mol. The first-order valence-corrected chi connectivity index (χ1v) is 8.27. The number of benzene rings is 1. The Balaban J connectivity index is 1.87. The molecule has 1 aliphatic carbocycles. The van der Waals surface area contributed by atoms with Crippen molar-refractivity contribution in [1.82, 2.24) is 9.38 Å². The summed E-state index contributed by atoms with van der Waals surface area (Å²) in [4.78, 5) is 4.68. The normalized spacial score (nSPS) is 16.0. The molecule has 0 amide bonds. The number of pyridine rings is 1. The lowest BCUT2D eigenvalue weighted by Crippen LogP contribution is -2.45. The van der Waals surface area contributed by atoms with Crippen molar-refractivity contribution in [2.75, 3.05) is 19.0 Å². The lowest BCUT2D eigenvalue weighted by Gasteiger charge is -2.40. The molecule has 2 heterocycles. The Morgan fingerprint density at radius 1 is 1.38 bits per heavy atom. The standard InChI is InChI=1S/C19H20N4O/c1-13-10-17(21-12-19(24-2)8-5-9-19)23-16-7-4-3-6-15(16)22-18(23)14(13)11-20/h3-4,6-7,10,21H,5,8-9,12H2,1-2H3. The van der Waals surface area contributed by atoms with Gasteiger partial charge < -0.3 is 10.1 Å². The molecule has 5 nitrogen and oxygen atoms in total. The van der Waals surface area contributed by atoms with E-state index in [0.29, 0.717) is 11.2 Å². The summed E-state index contributed by atoms with van der Waals surface area (Å²) in [5, 5.41) is 13.1. The highest BCUT2D eigenvalue weighted by atomic mass is 16.5. The predicted octanol–water partition coefficient (Wildman–Crippen LogP) is 3.65. The van der Waals surface area contributed by atoms with Gasteiger partial charge in [-0.3, -0.25) is 4.40 Å². The van der Waals surface area contributed by atoms with Crippen LogP contribution in [0.1, 0.15) is 30.4 Å². The minimum absolute atomic E-state index is 0.0650. The third kappa shape index (κ3) is 2.15. The number of anilines is 1. The number of nitrogens with zero attached hydrogens (tertiary/aromatic N) is 3. The summed E-state index contributed by atoms with van der Waals surface area (Å²) in [6.45, 7) is 2.72. The number of aryl methyl sites for hydroxylation is 1. The predicted molar refractivity (Wildman–Crippen MR) is 94.2 cm³/mol. The summed E-state index contributed by atoms with van der Waals surface area (Å²) < 4.78 is 7.76. The smallest absolute Gasteiger partial charge is 0.157 e. The van der Waals surface area contributed by atoms with Crippen LogP contribution in [0.5, 0.6) is 0 Å². The Morgan fingerprint density at radius 3 is 2.83 bits per heavy atom. The lowest BCUT2D eigenvalue weighted by atomic mass is 9.80. The molecule has 2 aromatic heterocycles. The molecule has 0 radical (unpaired) electrons.